The Hall–Kier alpha value is -1.57. The fraction of sp³-hybridized carbons (Fsp3) is 0.750. The molecule has 0 aliphatic carbocycles. The molecule has 0 amide bonds. The van der Waals surface area contributed by atoms with Crippen LogP contribution in [0.1, 0.15) is 13.8 Å². The third-order valence-corrected chi connectivity index (χ3v) is 3.60. The van der Waals surface area contributed by atoms with Gasteiger partial charge in [0.25, 0.3) is 0 Å². The minimum absolute atomic E-state index is 0.694. The molecule has 0 radical (unpaired) electrons. The number of ether oxygens (including phenoxy) is 2. The second-order valence-corrected chi connectivity index (χ2v) is 5.59. The van der Waals surface area contributed by atoms with Crippen LogP contribution in [0.15, 0.2) is 12.2 Å². The normalized spacial score (nSPS) is 34.3. The molecule has 14 heteroatoms. The molecule has 1 fully saturated rings. The molecule has 1 aliphatic heterocycles. The van der Waals surface area contributed by atoms with E-state index in [0.717, 1.165) is 0 Å². The van der Waals surface area contributed by atoms with E-state index in [0.29, 0.717) is 6.92 Å². The molecule has 1 saturated heterocycles. The SMILES string of the molecule is C=C(C)C(=O)OC1C(F)(F)C(O)(C(F)(F)F)O[C@@](C)(C(F)(F)F)C1(F)F. The molecule has 152 valence electrons. The monoisotopic (exact) mass is 408 g/mol. The third-order valence-electron chi connectivity index (χ3n) is 3.60. The highest BCUT2D eigenvalue weighted by molar-refractivity contribution is 5.87. The number of alkyl halides is 10. The molecule has 4 nitrogen and oxygen atoms in total. The van der Waals surface area contributed by atoms with Crippen molar-refractivity contribution >= 4 is 5.97 Å². The summed E-state index contributed by atoms with van der Waals surface area (Å²) in [5.74, 6) is -20.3. The van der Waals surface area contributed by atoms with Gasteiger partial charge < -0.3 is 14.6 Å². The van der Waals surface area contributed by atoms with Gasteiger partial charge in [-0.3, -0.25) is 0 Å². The molecular formula is C12H10F10O4. The Morgan fingerprint density at radius 1 is 1.04 bits per heavy atom. The zero-order valence-corrected chi connectivity index (χ0v) is 12.7. The van der Waals surface area contributed by atoms with Crippen LogP contribution in [0.3, 0.4) is 0 Å². The summed E-state index contributed by atoms with van der Waals surface area (Å²) < 4.78 is 140. The van der Waals surface area contributed by atoms with E-state index < -0.39 is 60.2 Å². The van der Waals surface area contributed by atoms with Crippen molar-refractivity contribution in [2.45, 2.75) is 55.5 Å². The number of aliphatic hydroxyl groups is 1. The van der Waals surface area contributed by atoms with Gasteiger partial charge in [0.05, 0.1) is 0 Å². The molecular weight excluding hydrogens is 398 g/mol. The van der Waals surface area contributed by atoms with Gasteiger partial charge in [-0.05, 0) is 13.8 Å². The molecule has 1 heterocycles. The molecule has 0 aromatic heterocycles. The highest BCUT2D eigenvalue weighted by atomic mass is 19.4. The molecule has 1 N–H and O–H groups in total. The molecule has 0 aromatic carbocycles. The van der Waals surface area contributed by atoms with Gasteiger partial charge in [-0.15, -0.1) is 0 Å². The number of halogens is 10. The maximum absolute atomic E-state index is 14.2. The fourth-order valence-electron chi connectivity index (χ4n) is 1.94. The number of carbonyl (C=O) groups is 1. The first-order valence-corrected chi connectivity index (χ1v) is 6.35. The average molecular weight is 408 g/mol. The van der Waals surface area contributed by atoms with Crippen molar-refractivity contribution in [3.8, 4) is 0 Å². The van der Waals surface area contributed by atoms with Gasteiger partial charge in [-0.1, -0.05) is 6.58 Å². The number of esters is 1. The van der Waals surface area contributed by atoms with Crippen LogP contribution in [0.25, 0.3) is 0 Å². The minimum atomic E-state index is -6.67. The molecule has 1 rings (SSSR count). The van der Waals surface area contributed by atoms with Crippen molar-refractivity contribution in [2.24, 2.45) is 0 Å². The first-order chi connectivity index (χ1) is 11.2. The van der Waals surface area contributed by atoms with E-state index in [-0.39, 0.29) is 0 Å². The molecule has 3 atom stereocenters. The van der Waals surface area contributed by atoms with Crippen molar-refractivity contribution in [1.29, 1.82) is 0 Å². The summed E-state index contributed by atoms with van der Waals surface area (Å²) in [6.07, 6.45) is -17.7. The van der Waals surface area contributed by atoms with E-state index in [1.807, 2.05) is 0 Å². The molecule has 0 saturated carbocycles. The smallest absolute Gasteiger partial charge is 0.446 e. The van der Waals surface area contributed by atoms with Crippen molar-refractivity contribution in [1.82, 2.24) is 0 Å². The maximum atomic E-state index is 14.2. The quantitative estimate of drug-likeness (QED) is 0.433. The lowest BCUT2D eigenvalue weighted by atomic mass is 9.81. The lowest BCUT2D eigenvalue weighted by Crippen LogP contribution is -2.82. The largest absolute Gasteiger partial charge is 0.449 e. The van der Waals surface area contributed by atoms with Gasteiger partial charge in [0.15, 0.2) is 0 Å². The summed E-state index contributed by atoms with van der Waals surface area (Å²) in [7, 11) is 0. The summed E-state index contributed by atoms with van der Waals surface area (Å²) in [5, 5.41) is 9.14. The van der Waals surface area contributed by atoms with Crippen LogP contribution in [0, 0.1) is 0 Å². The summed E-state index contributed by atoms with van der Waals surface area (Å²) in [4.78, 5) is 11.2. The topological polar surface area (TPSA) is 55.8 Å². The predicted molar refractivity (Wildman–Crippen MR) is 61.1 cm³/mol. The molecule has 0 spiro atoms. The van der Waals surface area contributed by atoms with Gasteiger partial charge in [0.1, 0.15) is 0 Å². The number of rotatable bonds is 2. The maximum Gasteiger partial charge on any atom is 0.449 e. The van der Waals surface area contributed by atoms with Gasteiger partial charge in [-0.25, -0.2) is 4.79 Å². The number of carbonyl (C=O) groups excluding carboxylic acids is 1. The van der Waals surface area contributed by atoms with E-state index in [1.165, 1.54) is 0 Å². The van der Waals surface area contributed by atoms with Gasteiger partial charge in [0, 0.05) is 5.57 Å². The summed E-state index contributed by atoms with van der Waals surface area (Å²) in [6.45, 7) is 2.80. The average Bonchev–Trinajstić information content (AvgIpc) is 2.39. The Kier molecular flexibility index (Phi) is 4.94. The summed E-state index contributed by atoms with van der Waals surface area (Å²) in [6, 6.07) is 0. The Balaban J connectivity index is 3.77. The summed E-state index contributed by atoms with van der Waals surface area (Å²) >= 11 is 0. The van der Waals surface area contributed by atoms with Crippen molar-refractivity contribution in [3.05, 3.63) is 12.2 Å². The van der Waals surface area contributed by atoms with Crippen LogP contribution in [-0.4, -0.2) is 52.8 Å². The molecule has 1 aliphatic rings. The second-order valence-electron chi connectivity index (χ2n) is 5.59. The molecule has 26 heavy (non-hydrogen) atoms. The second kappa shape index (κ2) is 5.71. The third kappa shape index (κ3) is 2.82. The van der Waals surface area contributed by atoms with Crippen LogP contribution in [0.5, 0.6) is 0 Å². The van der Waals surface area contributed by atoms with Crippen LogP contribution < -0.4 is 0 Å². The number of hydrogen-bond acceptors (Lipinski definition) is 4. The van der Waals surface area contributed by atoms with E-state index in [2.05, 4.69) is 16.1 Å². The molecule has 0 bridgehead atoms. The zero-order valence-electron chi connectivity index (χ0n) is 12.7. The zero-order chi connectivity index (χ0) is 21.1. The lowest BCUT2D eigenvalue weighted by molar-refractivity contribution is -0.536. The van der Waals surface area contributed by atoms with Crippen molar-refractivity contribution < 1.29 is 63.3 Å². The Labute approximate surface area is 138 Å². The first-order valence-electron chi connectivity index (χ1n) is 6.35. The van der Waals surface area contributed by atoms with Gasteiger partial charge in [0.2, 0.25) is 11.7 Å². The summed E-state index contributed by atoms with van der Waals surface area (Å²) in [5.41, 5.74) is -6.17. The van der Waals surface area contributed by atoms with Gasteiger partial charge in [-0.2, -0.15) is 43.9 Å². The van der Waals surface area contributed by atoms with Crippen LogP contribution in [0.4, 0.5) is 43.9 Å². The lowest BCUT2D eigenvalue weighted by Gasteiger charge is -2.54. The molecule has 0 aromatic rings. The number of hydrogen-bond donors (Lipinski definition) is 1. The highest BCUT2D eigenvalue weighted by Crippen LogP contribution is 2.61. The van der Waals surface area contributed by atoms with Gasteiger partial charge >= 0.3 is 36.0 Å². The Morgan fingerprint density at radius 2 is 1.46 bits per heavy atom. The van der Waals surface area contributed by atoms with E-state index >= 15 is 0 Å². The van der Waals surface area contributed by atoms with E-state index in [9.17, 15) is 48.7 Å². The van der Waals surface area contributed by atoms with Crippen molar-refractivity contribution in [3.63, 3.8) is 0 Å². The molecule has 2 unspecified atom stereocenters. The Morgan fingerprint density at radius 3 is 1.77 bits per heavy atom. The standard InChI is InChI=1S/C12H10F10O4/c1-4(2)5(23)25-6-8(13,14)7(3,11(17,18)19)26-10(24,9(6,15)16)12(20,21)22/h6,24H,1H2,2-3H3/t6?,7-,10?/m1/s1. The highest BCUT2D eigenvalue weighted by Gasteiger charge is 2.90. The van der Waals surface area contributed by atoms with E-state index in [1.54, 1.807) is 0 Å². The fourth-order valence-corrected chi connectivity index (χ4v) is 1.94. The van der Waals surface area contributed by atoms with Crippen LogP contribution >= 0.6 is 0 Å². The Bertz CT molecular complexity index is 572. The van der Waals surface area contributed by atoms with Crippen molar-refractivity contribution in [2.75, 3.05) is 0 Å². The first kappa shape index (κ1) is 22.5. The van der Waals surface area contributed by atoms with Crippen LogP contribution in [0.2, 0.25) is 0 Å². The van der Waals surface area contributed by atoms with Crippen LogP contribution in [-0.2, 0) is 14.3 Å². The minimum Gasteiger partial charge on any atom is -0.446 e. The predicted octanol–water partition coefficient (Wildman–Crippen LogP) is 3.35. The van der Waals surface area contributed by atoms with E-state index in [4.69, 9.17) is 5.11 Å².